The van der Waals surface area contributed by atoms with Crippen LogP contribution < -0.4 is 5.32 Å². The first kappa shape index (κ1) is 11.5. The zero-order chi connectivity index (χ0) is 11.5. The molecule has 1 heterocycles. The number of nitrogens with zero attached hydrogens (tertiary/aromatic N) is 1. The number of hydrogen-bond acceptors (Lipinski definition) is 4. The van der Waals surface area contributed by atoms with Crippen molar-refractivity contribution in [3.05, 3.63) is 22.7 Å². The number of phenolic OH excluding ortho intramolecular Hbond substituents is 2. The standard InChI is InChI=1S/C11H15ClN2O2/c12-9-2-1-8(10(15)11(9)16)7-14-5-3-13-4-6-14/h1-2,13,15-16H,3-7H2. The molecular formula is C11H15ClN2O2. The Morgan fingerprint density at radius 3 is 2.56 bits per heavy atom. The predicted molar refractivity (Wildman–Crippen MR) is 62.9 cm³/mol. The number of phenols is 2. The Labute approximate surface area is 99.5 Å². The lowest BCUT2D eigenvalue weighted by atomic mass is 10.1. The minimum absolute atomic E-state index is 0.106. The molecule has 1 saturated heterocycles. The minimum Gasteiger partial charge on any atom is -0.504 e. The topological polar surface area (TPSA) is 55.7 Å². The molecule has 0 aromatic heterocycles. The molecule has 5 heteroatoms. The zero-order valence-electron chi connectivity index (χ0n) is 8.91. The summed E-state index contributed by atoms with van der Waals surface area (Å²) in [4.78, 5) is 2.22. The molecular weight excluding hydrogens is 228 g/mol. The lowest BCUT2D eigenvalue weighted by molar-refractivity contribution is 0.230. The van der Waals surface area contributed by atoms with E-state index >= 15 is 0 Å². The van der Waals surface area contributed by atoms with Crippen molar-refractivity contribution in [3.8, 4) is 11.5 Å². The summed E-state index contributed by atoms with van der Waals surface area (Å²) in [5.41, 5.74) is 0.712. The first-order valence-electron chi connectivity index (χ1n) is 5.31. The van der Waals surface area contributed by atoms with E-state index in [1.807, 2.05) is 0 Å². The van der Waals surface area contributed by atoms with Gasteiger partial charge < -0.3 is 15.5 Å². The molecule has 0 radical (unpaired) electrons. The molecule has 3 N–H and O–H groups in total. The molecule has 4 nitrogen and oxygen atoms in total. The number of nitrogens with one attached hydrogen (secondary N) is 1. The number of halogens is 1. The fourth-order valence-electron chi connectivity index (χ4n) is 1.83. The quantitative estimate of drug-likeness (QED) is 0.682. The molecule has 1 aromatic rings. The van der Waals surface area contributed by atoms with E-state index in [-0.39, 0.29) is 16.5 Å². The SMILES string of the molecule is Oc1c(Cl)ccc(CN2CCNCC2)c1O. The Bertz CT molecular complexity index is 378. The Kier molecular flexibility index (Phi) is 3.53. The van der Waals surface area contributed by atoms with Gasteiger partial charge in [0.15, 0.2) is 11.5 Å². The number of rotatable bonds is 2. The number of piperazine rings is 1. The van der Waals surface area contributed by atoms with E-state index in [9.17, 15) is 10.2 Å². The van der Waals surface area contributed by atoms with Crippen LogP contribution in [-0.4, -0.2) is 41.3 Å². The average Bonchev–Trinajstić information content (AvgIpc) is 2.31. The van der Waals surface area contributed by atoms with E-state index in [2.05, 4.69) is 10.2 Å². The summed E-state index contributed by atoms with van der Waals surface area (Å²) in [7, 11) is 0. The maximum absolute atomic E-state index is 9.73. The third-order valence-corrected chi connectivity index (χ3v) is 3.09. The second-order valence-corrected chi connectivity index (χ2v) is 4.34. The lowest BCUT2D eigenvalue weighted by Crippen LogP contribution is -2.42. The van der Waals surface area contributed by atoms with Gasteiger partial charge in [0, 0.05) is 38.3 Å². The van der Waals surface area contributed by atoms with Gasteiger partial charge in [0.1, 0.15) is 0 Å². The minimum atomic E-state index is -0.227. The molecule has 88 valence electrons. The highest BCUT2D eigenvalue weighted by Gasteiger charge is 2.15. The van der Waals surface area contributed by atoms with Crippen LogP contribution in [0.2, 0.25) is 5.02 Å². The maximum Gasteiger partial charge on any atom is 0.176 e. The number of hydrogen-bond donors (Lipinski definition) is 3. The highest BCUT2D eigenvalue weighted by atomic mass is 35.5. The molecule has 2 rings (SSSR count). The largest absolute Gasteiger partial charge is 0.504 e. The fraction of sp³-hybridized carbons (Fsp3) is 0.455. The van der Waals surface area contributed by atoms with E-state index < -0.39 is 0 Å². The molecule has 1 aliphatic heterocycles. The van der Waals surface area contributed by atoms with Crippen LogP contribution in [0.3, 0.4) is 0 Å². The summed E-state index contributed by atoms with van der Waals surface area (Å²) in [6.07, 6.45) is 0. The molecule has 0 aliphatic carbocycles. The molecule has 0 saturated carbocycles. The van der Waals surface area contributed by atoms with Crippen molar-refractivity contribution < 1.29 is 10.2 Å². The molecule has 0 amide bonds. The van der Waals surface area contributed by atoms with E-state index in [4.69, 9.17) is 11.6 Å². The molecule has 1 aliphatic rings. The van der Waals surface area contributed by atoms with E-state index in [0.717, 1.165) is 26.2 Å². The first-order valence-corrected chi connectivity index (χ1v) is 5.68. The van der Waals surface area contributed by atoms with Gasteiger partial charge in [0.2, 0.25) is 0 Å². The van der Waals surface area contributed by atoms with Gasteiger partial charge in [-0.1, -0.05) is 17.7 Å². The Balaban J connectivity index is 2.11. The second kappa shape index (κ2) is 4.91. The second-order valence-electron chi connectivity index (χ2n) is 3.93. The zero-order valence-corrected chi connectivity index (χ0v) is 9.67. The predicted octanol–water partition coefficient (Wildman–Crippen LogP) is 1.16. The molecule has 1 aromatic carbocycles. The first-order chi connectivity index (χ1) is 7.68. The van der Waals surface area contributed by atoms with Crippen LogP contribution >= 0.6 is 11.6 Å². The van der Waals surface area contributed by atoms with Crippen LogP contribution in [0, 0.1) is 0 Å². The molecule has 16 heavy (non-hydrogen) atoms. The van der Waals surface area contributed by atoms with Gasteiger partial charge >= 0.3 is 0 Å². The van der Waals surface area contributed by atoms with Crippen molar-refractivity contribution in [1.29, 1.82) is 0 Å². The van der Waals surface area contributed by atoms with Crippen LogP contribution in [0.4, 0.5) is 0 Å². The summed E-state index contributed by atoms with van der Waals surface area (Å²) >= 11 is 5.70. The molecule has 0 atom stereocenters. The summed E-state index contributed by atoms with van der Waals surface area (Å²) in [6.45, 7) is 4.45. The van der Waals surface area contributed by atoms with Gasteiger partial charge in [-0.05, 0) is 6.07 Å². The molecule has 0 spiro atoms. The molecule has 1 fully saturated rings. The average molecular weight is 243 g/mol. The van der Waals surface area contributed by atoms with Gasteiger partial charge in [-0.15, -0.1) is 0 Å². The monoisotopic (exact) mass is 242 g/mol. The third kappa shape index (κ3) is 2.40. The van der Waals surface area contributed by atoms with E-state index in [0.29, 0.717) is 12.1 Å². The summed E-state index contributed by atoms with van der Waals surface area (Å²) in [5, 5.41) is 22.7. The van der Waals surface area contributed by atoms with Gasteiger partial charge in [-0.25, -0.2) is 0 Å². The maximum atomic E-state index is 9.73. The van der Waals surface area contributed by atoms with Gasteiger partial charge in [-0.3, -0.25) is 4.90 Å². The lowest BCUT2D eigenvalue weighted by Gasteiger charge is -2.27. The van der Waals surface area contributed by atoms with E-state index in [1.54, 1.807) is 12.1 Å². The Morgan fingerprint density at radius 2 is 1.88 bits per heavy atom. The van der Waals surface area contributed by atoms with Crippen molar-refractivity contribution in [2.75, 3.05) is 26.2 Å². The van der Waals surface area contributed by atoms with E-state index in [1.165, 1.54) is 0 Å². The van der Waals surface area contributed by atoms with Crippen LogP contribution in [-0.2, 0) is 6.54 Å². The highest BCUT2D eigenvalue weighted by Crippen LogP contribution is 2.36. The third-order valence-electron chi connectivity index (χ3n) is 2.79. The number of aromatic hydroxyl groups is 2. The molecule has 0 unspecified atom stereocenters. The smallest absolute Gasteiger partial charge is 0.176 e. The van der Waals surface area contributed by atoms with Gasteiger partial charge in [-0.2, -0.15) is 0 Å². The Hall–Kier alpha value is -0.970. The van der Waals surface area contributed by atoms with Crippen molar-refractivity contribution in [2.45, 2.75) is 6.54 Å². The van der Waals surface area contributed by atoms with Crippen molar-refractivity contribution >= 4 is 11.6 Å². The van der Waals surface area contributed by atoms with Crippen molar-refractivity contribution in [1.82, 2.24) is 10.2 Å². The van der Waals surface area contributed by atoms with Crippen LogP contribution in [0.15, 0.2) is 12.1 Å². The van der Waals surface area contributed by atoms with Gasteiger partial charge in [0.25, 0.3) is 0 Å². The summed E-state index contributed by atoms with van der Waals surface area (Å²) in [5.74, 6) is -0.333. The van der Waals surface area contributed by atoms with Crippen molar-refractivity contribution in [3.63, 3.8) is 0 Å². The van der Waals surface area contributed by atoms with Crippen molar-refractivity contribution in [2.24, 2.45) is 0 Å². The summed E-state index contributed by atoms with van der Waals surface area (Å²) in [6, 6.07) is 3.35. The number of benzene rings is 1. The van der Waals surface area contributed by atoms with Crippen LogP contribution in [0.5, 0.6) is 11.5 Å². The Morgan fingerprint density at radius 1 is 1.19 bits per heavy atom. The normalized spacial score (nSPS) is 17.6. The van der Waals surface area contributed by atoms with Gasteiger partial charge in [0.05, 0.1) is 5.02 Å². The summed E-state index contributed by atoms with van der Waals surface area (Å²) < 4.78 is 0. The molecule has 0 bridgehead atoms. The fourth-order valence-corrected chi connectivity index (χ4v) is 1.99. The van der Waals surface area contributed by atoms with Crippen LogP contribution in [0.25, 0.3) is 0 Å². The highest BCUT2D eigenvalue weighted by molar-refractivity contribution is 6.32. The van der Waals surface area contributed by atoms with Crippen LogP contribution in [0.1, 0.15) is 5.56 Å².